The van der Waals surface area contributed by atoms with E-state index in [0.717, 1.165) is 25.7 Å². The molecule has 3 rings (SSSR count). The average Bonchev–Trinajstić information content (AvgIpc) is 2.87. The van der Waals surface area contributed by atoms with Gasteiger partial charge in [-0.3, -0.25) is 4.79 Å². The van der Waals surface area contributed by atoms with E-state index in [-0.39, 0.29) is 17.4 Å². The van der Waals surface area contributed by atoms with Crippen molar-refractivity contribution in [2.45, 2.75) is 44.1 Å². The number of aliphatic imine (C=N–C) groups is 1. The second kappa shape index (κ2) is 11.4. The number of amides is 1. The highest BCUT2D eigenvalue weighted by atomic mass is 16.5. The topological polar surface area (TPSA) is 89.8 Å². The van der Waals surface area contributed by atoms with Gasteiger partial charge in [-0.1, -0.05) is 42.5 Å². The molecule has 0 aliphatic heterocycles. The summed E-state index contributed by atoms with van der Waals surface area (Å²) in [6, 6.07) is 18.0. The number of carbonyl (C=O) groups excluding carboxylic acids is 1. The van der Waals surface area contributed by atoms with Gasteiger partial charge in [-0.05, 0) is 50.3 Å². The maximum atomic E-state index is 13.0. The van der Waals surface area contributed by atoms with Crippen LogP contribution in [0, 0.1) is 11.5 Å². The zero-order valence-corrected chi connectivity index (χ0v) is 19.7. The molecule has 0 saturated heterocycles. The quantitative estimate of drug-likeness (QED) is 0.384. The summed E-state index contributed by atoms with van der Waals surface area (Å²) in [5, 5.41) is 15.4. The fourth-order valence-corrected chi connectivity index (χ4v) is 4.70. The lowest BCUT2D eigenvalue weighted by Crippen LogP contribution is -2.50. The summed E-state index contributed by atoms with van der Waals surface area (Å²) >= 11 is 0. The Labute approximate surface area is 196 Å². The lowest BCUT2D eigenvalue weighted by molar-refractivity contribution is 0.0927. The fraction of sp³-hybridized carbons (Fsp3) is 0.423. The molecule has 2 aromatic rings. The number of para-hydroxylation sites is 1. The molecule has 1 fully saturated rings. The molecule has 2 aromatic carbocycles. The van der Waals surface area contributed by atoms with Gasteiger partial charge in [0.2, 0.25) is 12.2 Å². The highest BCUT2D eigenvalue weighted by molar-refractivity contribution is 5.97. The summed E-state index contributed by atoms with van der Waals surface area (Å²) in [7, 11) is 3.56. The standard InChI is InChI=1S/C26H33N5O2/c1-4-28-25(30-19-27)31(2)21-14-16-26(17-15-21,20-10-6-5-7-11-20)18-29-24(32)22-12-8-9-13-23(22)33-3/h5-13,21H,4,14-18H2,1-3H3,(H,28,30)(H,29,32)/t21-,26+. The first-order valence-corrected chi connectivity index (χ1v) is 11.4. The number of carbonyl (C=O) groups is 1. The molecule has 7 heteroatoms. The van der Waals surface area contributed by atoms with Crippen molar-refractivity contribution < 1.29 is 9.53 Å². The Morgan fingerprint density at radius 3 is 2.45 bits per heavy atom. The summed E-state index contributed by atoms with van der Waals surface area (Å²) in [6.07, 6.45) is 5.61. The monoisotopic (exact) mass is 447 g/mol. The lowest BCUT2D eigenvalue weighted by Gasteiger charge is -2.43. The first kappa shape index (κ1) is 24.1. The third-order valence-corrected chi connectivity index (χ3v) is 6.61. The van der Waals surface area contributed by atoms with Gasteiger partial charge < -0.3 is 20.3 Å². The van der Waals surface area contributed by atoms with Gasteiger partial charge in [-0.2, -0.15) is 5.26 Å². The van der Waals surface area contributed by atoms with Crippen molar-refractivity contribution in [3.05, 3.63) is 65.7 Å². The second-order valence-electron chi connectivity index (χ2n) is 8.44. The van der Waals surface area contributed by atoms with E-state index in [1.807, 2.05) is 38.4 Å². The molecular weight excluding hydrogens is 414 g/mol. The van der Waals surface area contributed by atoms with Crippen LogP contribution in [0.3, 0.4) is 0 Å². The molecule has 0 bridgehead atoms. The Morgan fingerprint density at radius 2 is 1.82 bits per heavy atom. The van der Waals surface area contributed by atoms with Crippen LogP contribution in [0.1, 0.15) is 48.5 Å². The molecule has 1 amide bonds. The van der Waals surface area contributed by atoms with Crippen LogP contribution in [0.15, 0.2) is 59.6 Å². The third kappa shape index (κ3) is 5.64. The van der Waals surface area contributed by atoms with E-state index in [0.29, 0.717) is 30.4 Å². The van der Waals surface area contributed by atoms with Gasteiger partial charge in [0.15, 0.2) is 0 Å². The molecule has 0 spiro atoms. The van der Waals surface area contributed by atoms with Crippen molar-refractivity contribution in [2.24, 2.45) is 4.99 Å². The molecule has 174 valence electrons. The Kier molecular flexibility index (Phi) is 8.31. The molecule has 0 atom stereocenters. The largest absolute Gasteiger partial charge is 0.496 e. The molecule has 1 saturated carbocycles. The lowest BCUT2D eigenvalue weighted by atomic mass is 9.68. The van der Waals surface area contributed by atoms with E-state index in [2.05, 4.69) is 44.8 Å². The number of hydrogen-bond acceptors (Lipinski definition) is 4. The smallest absolute Gasteiger partial charge is 0.255 e. The summed E-state index contributed by atoms with van der Waals surface area (Å²) in [5.41, 5.74) is 1.63. The van der Waals surface area contributed by atoms with Crippen LogP contribution in [0.2, 0.25) is 0 Å². The van der Waals surface area contributed by atoms with Crippen LogP contribution in [0.25, 0.3) is 0 Å². The average molecular weight is 448 g/mol. The van der Waals surface area contributed by atoms with E-state index < -0.39 is 0 Å². The number of hydrogen-bond donors (Lipinski definition) is 2. The first-order valence-electron chi connectivity index (χ1n) is 11.4. The minimum Gasteiger partial charge on any atom is -0.496 e. The predicted octanol–water partition coefficient (Wildman–Crippen LogP) is 3.68. The van der Waals surface area contributed by atoms with E-state index in [4.69, 9.17) is 10.00 Å². The molecule has 1 aliphatic rings. The summed E-state index contributed by atoms with van der Waals surface area (Å²) in [6.45, 7) is 3.25. The number of rotatable bonds is 7. The van der Waals surface area contributed by atoms with Crippen molar-refractivity contribution in [3.63, 3.8) is 0 Å². The summed E-state index contributed by atoms with van der Waals surface area (Å²) in [5.74, 6) is 1.06. The molecule has 0 aromatic heterocycles. The van der Waals surface area contributed by atoms with Crippen LogP contribution < -0.4 is 15.4 Å². The SMILES string of the molecule is CCN/C(=N\C#N)N(C)[C@H]1CC[C@@](CNC(=O)c2ccccc2OC)(c2ccccc2)CC1. The van der Waals surface area contributed by atoms with Gasteiger partial charge in [0.05, 0.1) is 12.7 Å². The number of ether oxygens (including phenoxy) is 1. The third-order valence-electron chi connectivity index (χ3n) is 6.61. The van der Waals surface area contributed by atoms with Crippen LogP contribution in [0.4, 0.5) is 0 Å². The van der Waals surface area contributed by atoms with Crippen molar-refractivity contribution in [2.75, 3.05) is 27.2 Å². The second-order valence-corrected chi connectivity index (χ2v) is 8.44. The van der Waals surface area contributed by atoms with Crippen molar-refractivity contribution in [1.29, 1.82) is 5.26 Å². The maximum absolute atomic E-state index is 13.0. The Hall–Kier alpha value is -3.53. The molecule has 0 radical (unpaired) electrons. The molecule has 33 heavy (non-hydrogen) atoms. The zero-order valence-electron chi connectivity index (χ0n) is 19.7. The van der Waals surface area contributed by atoms with Crippen molar-refractivity contribution in [3.8, 4) is 11.9 Å². The van der Waals surface area contributed by atoms with Crippen LogP contribution >= 0.6 is 0 Å². The van der Waals surface area contributed by atoms with E-state index in [1.165, 1.54) is 5.56 Å². The van der Waals surface area contributed by atoms with Crippen LogP contribution in [-0.4, -0.2) is 50.1 Å². The fourth-order valence-electron chi connectivity index (χ4n) is 4.70. The van der Waals surface area contributed by atoms with Gasteiger partial charge in [0, 0.05) is 31.6 Å². The molecule has 0 unspecified atom stereocenters. The Balaban J connectivity index is 1.76. The number of nitrogens with one attached hydrogen (secondary N) is 2. The number of nitrogens with zero attached hydrogens (tertiary/aromatic N) is 3. The Morgan fingerprint density at radius 1 is 1.15 bits per heavy atom. The normalized spacial score (nSPS) is 20.4. The van der Waals surface area contributed by atoms with Gasteiger partial charge in [-0.15, -0.1) is 4.99 Å². The minimum atomic E-state index is -0.152. The molecular formula is C26H33N5O2. The molecule has 7 nitrogen and oxygen atoms in total. The summed E-state index contributed by atoms with van der Waals surface area (Å²) < 4.78 is 5.36. The van der Waals surface area contributed by atoms with Crippen LogP contribution in [-0.2, 0) is 5.41 Å². The van der Waals surface area contributed by atoms with Crippen molar-refractivity contribution >= 4 is 11.9 Å². The molecule has 2 N–H and O–H groups in total. The highest BCUT2D eigenvalue weighted by Crippen LogP contribution is 2.40. The predicted molar refractivity (Wildman–Crippen MR) is 130 cm³/mol. The van der Waals surface area contributed by atoms with Gasteiger partial charge in [-0.25, -0.2) is 0 Å². The molecule has 1 aliphatic carbocycles. The van der Waals surface area contributed by atoms with E-state index in [1.54, 1.807) is 19.2 Å². The van der Waals surface area contributed by atoms with Gasteiger partial charge in [0.1, 0.15) is 5.75 Å². The van der Waals surface area contributed by atoms with E-state index in [9.17, 15) is 4.79 Å². The summed E-state index contributed by atoms with van der Waals surface area (Å²) in [4.78, 5) is 19.0. The number of nitriles is 1. The number of methoxy groups -OCH3 is 1. The van der Waals surface area contributed by atoms with Crippen molar-refractivity contribution in [1.82, 2.24) is 15.5 Å². The highest BCUT2D eigenvalue weighted by Gasteiger charge is 2.38. The first-order chi connectivity index (χ1) is 16.0. The number of guanidine groups is 1. The van der Waals surface area contributed by atoms with E-state index >= 15 is 0 Å². The van der Waals surface area contributed by atoms with Crippen LogP contribution in [0.5, 0.6) is 5.75 Å². The Bertz CT molecular complexity index is 991. The molecule has 0 heterocycles. The van der Waals surface area contributed by atoms with Gasteiger partial charge in [0.25, 0.3) is 5.91 Å². The number of benzene rings is 2. The maximum Gasteiger partial charge on any atom is 0.255 e. The van der Waals surface area contributed by atoms with Gasteiger partial charge >= 0.3 is 0 Å². The minimum absolute atomic E-state index is 0.127. The zero-order chi connectivity index (χ0) is 23.7.